The number of ether oxygens (including phenoxy) is 6. The lowest BCUT2D eigenvalue weighted by Gasteiger charge is -2.37. The second kappa shape index (κ2) is 36.4. The molecule has 0 aliphatic carbocycles. The predicted octanol–water partition coefficient (Wildman–Crippen LogP) is 12.8. The fraction of sp³-hybridized carbons (Fsp3) is 0.514. The van der Waals surface area contributed by atoms with Crippen molar-refractivity contribution in [2.75, 3.05) is 60.7 Å². The van der Waals surface area contributed by atoms with Gasteiger partial charge in [0, 0.05) is 74.9 Å². The SMILES string of the molecule is CCCCCCCCCCCCC(CCCN(C(C)CCCCn1c(Cc2cc(OC)c(OC)c(OC)c2)nc2c(N)ncnc21)S(=O)(=O)c1ccc([N+](=O)[O-])cc1)N(C(C)CCCCn1c(Cc2cc(OC)c(OC)c(OC)c2)nc2c(N)ncnc21)S(=O)(=O)c1ccc([N+](=O)[O-])cc1. The van der Waals surface area contributed by atoms with Crippen molar-refractivity contribution >= 4 is 65.4 Å². The van der Waals surface area contributed by atoms with Crippen molar-refractivity contribution in [3.8, 4) is 34.5 Å². The van der Waals surface area contributed by atoms with E-state index in [-0.39, 0.29) is 52.2 Å². The molecule has 8 rings (SSSR count). The Kier molecular flexibility index (Phi) is 27.9. The number of rotatable bonds is 44. The number of hydrogen-bond acceptors (Lipinski definition) is 22. The number of non-ortho nitro benzene ring substituents is 2. The normalized spacial score (nSPS) is 12.9. The monoisotopic (exact) mass is 1420 g/mol. The second-order valence-corrected chi connectivity index (χ2v) is 28.8. The van der Waals surface area contributed by atoms with Crippen molar-refractivity contribution in [1.82, 2.24) is 47.6 Å². The summed E-state index contributed by atoms with van der Waals surface area (Å²) in [5.74, 6) is 4.47. The predicted molar refractivity (Wildman–Crippen MR) is 382 cm³/mol. The van der Waals surface area contributed by atoms with E-state index in [2.05, 4.69) is 26.9 Å². The molecule has 4 N–H and O–H groups in total. The van der Waals surface area contributed by atoms with Crippen LogP contribution >= 0.6 is 0 Å². The number of sulfonamides is 2. The third-order valence-corrected chi connectivity index (χ3v) is 22.4. The van der Waals surface area contributed by atoms with Crippen LogP contribution in [0, 0.1) is 20.2 Å². The highest BCUT2D eigenvalue weighted by atomic mass is 32.2. The first-order chi connectivity index (χ1) is 48.1. The van der Waals surface area contributed by atoms with Gasteiger partial charge in [0.2, 0.25) is 31.5 Å². The number of nitrogens with zero attached hydrogens (tertiary/aromatic N) is 12. The van der Waals surface area contributed by atoms with Gasteiger partial charge in [-0.2, -0.15) is 8.61 Å². The number of nitro groups is 2. The number of hydrogen-bond donors (Lipinski definition) is 2. The summed E-state index contributed by atoms with van der Waals surface area (Å²) in [7, 11) is 0.502. The van der Waals surface area contributed by atoms with E-state index in [1.807, 2.05) is 47.2 Å². The Morgan fingerprint density at radius 2 is 0.870 bits per heavy atom. The molecule has 0 saturated heterocycles. The lowest BCUT2D eigenvalue weighted by Crippen LogP contribution is -2.46. The maximum atomic E-state index is 15.6. The van der Waals surface area contributed by atoms with Crippen LogP contribution in [0.25, 0.3) is 22.3 Å². The van der Waals surface area contributed by atoms with Gasteiger partial charge in [-0.1, -0.05) is 84.0 Å². The summed E-state index contributed by atoms with van der Waals surface area (Å²) in [5, 5.41) is 23.7. The highest BCUT2D eigenvalue weighted by molar-refractivity contribution is 7.89. The largest absolute Gasteiger partial charge is 0.493 e. The molecule has 28 nitrogen and oxygen atoms in total. The van der Waals surface area contributed by atoms with Gasteiger partial charge in [0.25, 0.3) is 11.4 Å². The van der Waals surface area contributed by atoms with E-state index >= 15 is 16.8 Å². The number of nitro benzene ring substituents is 2. The van der Waals surface area contributed by atoms with Crippen LogP contribution in [0.3, 0.4) is 0 Å². The van der Waals surface area contributed by atoms with Gasteiger partial charge >= 0.3 is 0 Å². The Labute approximate surface area is 585 Å². The lowest BCUT2D eigenvalue weighted by molar-refractivity contribution is -0.385. The van der Waals surface area contributed by atoms with Gasteiger partial charge in [0.15, 0.2) is 57.0 Å². The fourth-order valence-electron chi connectivity index (χ4n) is 13.1. The molecule has 3 unspecified atom stereocenters. The number of nitrogens with two attached hydrogens (primary N) is 2. The zero-order valence-electron chi connectivity index (χ0n) is 58.8. The van der Waals surface area contributed by atoms with Crippen LogP contribution in [0.1, 0.15) is 166 Å². The van der Waals surface area contributed by atoms with Crippen LogP contribution in [-0.4, -0.2) is 142 Å². The Morgan fingerprint density at radius 1 is 0.490 bits per heavy atom. The van der Waals surface area contributed by atoms with Gasteiger partial charge in [-0.15, -0.1) is 0 Å². The lowest BCUT2D eigenvalue weighted by atomic mass is 9.99. The molecule has 0 bridgehead atoms. The summed E-state index contributed by atoms with van der Waals surface area (Å²) in [4.78, 5) is 49.7. The number of benzene rings is 4. The number of aryl methyl sites for hydroxylation is 2. The molecule has 4 aromatic heterocycles. The van der Waals surface area contributed by atoms with E-state index in [1.54, 1.807) is 32.7 Å². The van der Waals surface area contributed by atoms with E-state index in [0.717, 1.165) is 43.2 Å². The topological polar surface area (TPSA) is 356 Å². The summed E-state index contributed by atoms with van der Waals surface area (Å²) in [5.41, 5.74) is 15.8. The maximum absolute atomic E-state index is 15.6. The summed E-state index contributed by atoms with van der Waals surface area (Å²) < 4.78 is 102. The first-order valence-electron chi connectivity index (χ1n) is 34.2. The smallest absolute Gasteiger partial charge is 0.269 e. The van der Waals surface area contributed by atoms with Crippen molar-refractivity contribution in [2.45, 2.75) is 197 Å². The molecule has 30 heteroatoms. The number of unbranched alkanes of at least 4 members (excludes halogenated alkanes) is 11. The second-order valence-electron chi connectivity index (χ2n) is 25.1. The molecule has 0 amide bonds. The molecule has 4 aromatic carbocycles. The van der Waals surface area contributed by atoms with Crippen molar-refractivity contribution in [2.24, 2.45) is 0 Å². The zero-order valence-corrected chi connectivity index (χ0v) is 60.5. The minimum absolute atomic E-state index is 0.0263. The standard InChI is InChI=1S/C70H96N14O14S2/c1-10-11-12-13-14-15-16-17-18-19-27-52(82(100(91,92)56-35-31-54(32-36-56)84(87)88)49(3)26-21-23-38-80-62(78-64-68(72)74-47-76-70(64)80)45-51-42-59(95-6)66(98-9)60(43-51)96-7)28-24-39-81(99(89,90)55-33-29-53(30-34-55)83(85)86)48(2)25-20-22-37-79-61(77-63-67(71)73-46-75-69(63)79)44-50-40-57(93-4)65(97-8)58(41-50)94-5/h29-36,40-43,46-49,52H,10-28,37-39,44-45H2,1-9H3,(H2,71,73,75)(H2,72,74,76). The Hall–Kier alpha value is -9.00. The third kappa shape index (κ3) is 18.9. The summed E-state index contributed by atoms with van der Waals surface area (Å²) >= 11 is 0. The molecule has 0 fully saturated rings. The number of anilines is 2. The molecular formula is C70H96N14O14S2. The van der Waals surface area contributed by atoms with E-state index in [0.29, 0.717) is 146 Å². The number of aromatic nitrogens is 8. The fourth-order valence-corrected chi connectivity index (χ4v) is 16.7. The molecule has 4 heterocycles. The first kappa shape index (κ1) is 76.7. The molecular weight excluding hydrogens is 1320 g/mol. The number of imidazole rings is 2. The third-order valence-electron chi connectivity index (χ3n) is 18.3. The van der Waals surface area contributed by atoms with E-state index in [4.69, 9.17) is 49.9 Å². The minimum atomic E-state index is -4.40. The molecule has 0 aliphatic heterocycles. The molecule has 0 saturated carbocycles. The molecule has 0 aliphatic rings. The van der Waals surface area contributed by atoms with E-state index in [9.17, 15) is 20.2 Å². The van der Waals surface area contributed by atoms with Crippen LogP contribution in [0.15, 0.2) is 95.2 Å². The van der Waals surface area contributed by atoms with Crippen LogP contribution in [0.4, 0.5) is 23.0 Å². The molecule has 100 heavy (non-hydrogen) atoms. The quantitative estimate of drug-likeness (QED) is 0.0203. The molecule has 3 atom stereocenters. The van der Waals surface area contributed by atoms with Crippen molar-refractivity contribution < 1.29 is 55.1 Å². The van der Waals surface area contributed by atoms with Gasteiger partial charge in [0.1, 0.15) is 24.3 Å². The highest BCUT2D eigenvalue weighted by Gasteiger charge is 2.37. The van der Waals surface area contributed by atoms with Crippen molar-refractivity contribution in [3.05, 3.63) is 128 Å². The van der Waals surface area contributed by atoms with Gasteiger partial charge in [-0.05, 0) is 118 Å². The molecule has 0 spiro atoms. The van der Waals surface area contributed by atoms with Crippen LogP contribution in [-0.2, 0) is 46.0 Å². The number of fused-ring (bicyclic) bond motifs is 2. The number of nitrogen functional groups attached to an aromatic ring is 2. The van der Waals surface area contributed by atoms with Gasteiger partial charge in [0.05, 0.1) is 62.3 Å². The molecule has 8 aromatic rings. The van der Waals surface area contributed by atoms with Crippen LogP contribution in [0.5, 0.6) is 34.5 Å². The van der Waals surface area contributed by atoms with Crippen LogP contribution in [0.2, 0.25) is 0 Å². The average molecular weight is 1420 g/mol. The van der Waals surface area contributed by atoms with Gasteiger partial charge < -0.3 is 49.0 Å². The average Bonchev–Trinajstić information content (AvgIpc) is 1.62. The number of methoxy groups -OCH3 is 6. The Balaban J connectivity index is 1.07. The summed E-state index contributed by atoms with van der Waals surface area (Å²) in [6.45, 7) is 6.73. The van der Waals surface area contributed by atoms with E-state index in [1.165, 1.54) is 105 Å². The van der Waals surface area contributed by atoms with Gasteiger partial charge in [-0.3, -0.25) is 20.2 Å². The van der Waals surface area contributed by atoms with E-state index < -0.39 is 48.0 Å². The Morgan fingerprint density at radius 3 is 1.27 bits per heavy atom. The maximum Gasteiger partial charge on any atom is 0.269 e. The zero-order chi connectivity index (χ0) is 72.1. The summed E-state index contributed by atoms with van der Waals surface area (Å²) in [6, 6.07) is 15.2. The highest BCUT2D eigenvalue weighted by Crippen LogP contribution is 2.41. The van der Waals surface area contributed by atoms with Gasteiger partial charge in [-0.25, -0.2) is 46.7 Å². The molecule has 0 radical (unpaired) electrons. The summed E-state index contributed by atoms with van der Waals surface area (Å²) in [6.07, 6.45) is 17.9. The minimum Gasteiger partial charge on any atom is -0.493 e. The van der Waals surface area contributed by atoms with Crippen molar-refractivity contribution in [3.63, 3.8) is 0 Å². The molecule has 542 valence electrons. The van der Waals surface area contributed by atoms with Crippen LogP contribution < -0.4 is 39.9 Å². The first-order valence-corrected chi connectivity index (χ1v) is 37.0. The Bertz CT molecular complexity index is 4200. The van der Waals surface area contributed by atoms with Crippen molar-refractivity contribution in [1.29, 1.82) is 0 Å².